The van der Waals surface area contributed by atoms with E-state index in [1.165, 1.54) is 5.06 Å². The largest absolute Gasteiger partial charge is 0.312 e. The molecule has 0 amide bonds. The molecule has 0 unspecified atom stereocenters. The quantitative estimate of drug-likeness (QED) is 0.733. The average molecular weight is 291 g/mol. The maximum absolute atomic E-state index is 10.5. The van der Waals surface area contributed by atoms with Crippen LogP contribution in [0.1, 0.15) is 49.9 Å². The van der Waals surface area contributed by atoms with Crippen molar-refractivity contribution in [3.8, 4) is 11.8 Å². The second-order valence-electron chi connectivity index (χ2n) is 6.81. The van der Waals surface area contributed by atoms with Crippen LogP contribution in [0.25, 0.3) is 0 Å². The van der Waals surface area contributed by atoms with E-state index in [1.54, 1.807) is 0 Å². The first-order valence-electron chi connectivity index (χ1n) is 7.55. The predicted octanol–water partition coefficient (Wildman–Crippen LogP) is 4.26. The molecule has 2 aromatic carbocycles. The molecule has 2 heteroatoms. The Bertz CT molecular complexity index is 763. The van der Waals surface area contributed by atoms with Gasteiger partial charge in [0.15, 0.2) is 0 Å². The molecule has 2 nitrogen and oxygen atoms in total. The summed E-state index contributed by atoms with van der Waals surface area (Å²) in [6, 6.07) is 16.2. The van der Waals surface area contributed by atoms with Crippen molar-refractivity contribution < 1.29 is 5.21 Å². The third kappa shape index (κ3) is 2.23. The van der Waals surface area contributed by atoms with Crippen molar-refractivity contribution in [3.63, 3.8) is 0 Å². The number of benzene rings is 2. The molecule has 0 bridgehead atoms. The van der Waals surface area contributed by atoms with Crippen LogP contribution in [-0.2, 0) is 11.1 Å². The van der Waals surface area contributed by atoms with E-state index < -0.39 is 5.54 Å². The van der Waals surface area contributed by atoms with Crippen LogP contribution in [0.2, 0.25) is 0 Å². The van der Waals surface area contributed by atoms with Crippen molar-refractivity contribution >= 4 is 0 Å². The number of hydrogen-bond donors (Lipinski definition) is 1. The van der Waals surface area contributed by atoms with Gasteiger partial charge in [0, 0.05) is 11.1 Å². The maximum atomic E-state index is 10.5. The fraction of sp³-hybridized carbons (Fsp3) is 0.300. The lowest BCUT2D eigenvalue weighted by atomic mass is 9.89. The second-order valence-corrected chi connectivity index (χ2v) is 6.81. The lowest BCUT2D eigenvalue weighted by molar-refractivity contribution is -0.216. The van der Waals surface area contributed by atoms with Crippen molar-refractivity contribution in [2.45, 2.75) is 38.8 Å². The third-order valence-electron chi connectivity index (χ3n) is 4.52. The van der Waals surface area contributed by atoms with Crippen molar-refractivity contribution in [1.29, 1.82) is 0 Å². The van der Waals surface area contributed by atoms with Gasteiger partial charge >= 0.3 is 0 Å². The van der Waals surface area contributed by atoms with Crippen molar-refractivity contribution in [2.75, 3.05) is 0 Å². The molecule has 1 N–H and O–H groups in total. The molecule has 0 saturated heterocycles. The molecule has 112 valence electrons. The van der Waals surface area contributed by atoms with Crippen LogP contribution in [-0.4, -0.2) is 10.3 Å². The molecule has 0 radical (unpaired) electrons. The highest BCUT2D eigenvalue weighted by Crippen LogP contribution is 2.48. The molecular weight excluding hydrogens is 270 g/mol. The zero-order valence-corrected chi connectivity index (χ0v) is 13.5. The zero-order valence-electron chi connectivity index (χ0n) is 13.5. The van der Waals surface area contributed by atoms with Crippen LogP contribution in [0.15, 0.2) is 48.5 Å². The van der Waals surface area contributed by atoms with Gasteiger partial charge in [-0.3, -0.25) is 0 Å². The zero-order chi connectivity index (χ0) is 16.0. The SMILES string of the molecule is CC1(C)c2ccc(C#Cc3ccccc3)cc2C(C)(C)N1O. The smallest absolute Gasteiger partial charge is 0.0666 e. The Kier molecular flexibility index (Phi) is 3.36. The van der Waals surface area contributed by atoms with Gasteiger partial charge in [0.05, 0.1) is 11.1 Å². The molecule has 3 rings (SSSR count). The summed E-state index contributed by atoms with van der Waals surface area (Å²) in [5, 5.41) is 11.9. The summed E-state index contributed by atoms with van der Waals surface area (Å²) < 4.78 is 0. The number of rotatable bonds is 0. The van der Waals surface area contributed by atoms with E-state index in [9.17, 15) is 5.21 Å². The molecule has 0 aliphatic carbocycles. The van der Waals surface area contributed by atoms with Crippen molar-refractivity contribution in [2.24, 2.45) is 0 Å². The fourth-order valence-corrected chi connectivity index (χ4v) is 3.25. The summed E-state index contributed by atoms with van der Waals surface area (Å²) in [4.78, 5) is 0. The number of fused-ring (bicyclic) bond motifs is 1. The Hall–Kier alpha value is -2.08. The van der Waals surface area contributed by atoms with E-state index in [2.05, 4.69) is 24.0 Å². The topological polar surface area (TPSA) is 23.5 Å². The predicted molar refractivity (Wildman–Crippen MR) is 88.5 cm³/mol. The van der Waals surface area contributed by atoms with Gasteiger partial charge < -0.3 is 5.21 Å². The molecular formula is C20H21NO. The van der Waals surface area contributed by atoms with Crippen LogP contribution >= 0.6 is 0 Å². The van der Waals surface area contributed by atoms with Crippen molar-refractivity contribution in [1.82, 2.24) is 5.06 Å². The lowest BCUT2D eigenvalue weighted by Gasteiger charge is -2.34. The van der Waals surface area contributed by atoms with Gasteiger partial charge in [0.2, 0.25) is 0 Å². The van der Waals surface area contributed by atoms with Crippen LogP contribution in [0.3, 0.4) is 0 Å². The normalized spacial score (nSPS) is 18.4. The van der Waals surface area contributed by atoms with E-state index in [4.69, 9.17) is 0 Å². The minimum atomic E-state index is -0.413. The number of hydroxylamine groups is 2. The minimum Gasteiger partial charge on any atom is -0.312 e. The van der Waals surface area contributed by atoms with Gasteiger partial charge in [-0.05, 0) is 63.1 Å². The van der Waals surface area contributed by atoms with E-state index >= 15 is 0 Å². The molecule has 1 aliphatic heterocycles. The summed E-state index contributed by atoms with van der Waals surface area (Å²) >= 11 is 0. The molecule has 1 heterocycles. The molecule has 0 aromatic heterocycles. The first kappa shape index (κ1) is 14.8. The Morgan fingerprint density at radius 2 is 1.36 bits per heavy atom. The first-order valence-corrected chi connectivity index (χ1v) is 7.55. The Balaban J connectivity index is 2.03. The summed E-state index contributed by atoms with van der Waals surface area (Å²) in [5.41, 5.74) is 3.48. The Morgan fingerprint density at radius 3 is 2.05 bits per heavy atom. The fourth-order valence-electron chi connectivity index (χ4n) is 3.25. The van der Waals surface area contributed by atoms with Gasteiger partial charge in [-0.15, -0.1) is 0 Å². The first-order chi connectivity index (χ1) is 10.3. The van der Waals surface area contributed by atoms with Crippen molar-refractivity contribution in [3.05, 3.63) is 70.8 Å². The van der Waals surface area contributed by atoms with Gasteiger partial charge in [0.1, 0.15) is 0 Å². The monoisotopic (exact) mass is 291 g/mol. The summed E-state index contributed by atoms with van der Waals surface area (Å²) in [6.07, 6.45) is 0. The lowest BCUT2D eigenvalue weighted by Crippen LogP contribution is -2.42. The van der Waals surface area contributed by atoms with Gasteiger partial charge in [0.25, 0.3) is 0 Å². The highest BCUT2D eigenvalue weighted by Gasteiger charge is 2.48. The van der Waals surface area contributed by atoms with Crippen LogP contribution in [0.4, 0.5) is 0 Å². The maximum Gasteiger partial charge on any atom is 0.0666 e. The molecule has 2 aromatic rings. The third-order valence-corrected chi connectivity index (χ3v) is 4.52. The molecule has 0 fully saturated rings. The van der Waals surface area contributed by atoms with Gasteiger partial charge in [-0.25, -0.2) is 0 Å². The van der Waals surface area contributed by atoms with E-state index in [0.717, 1.165) is 22.3 Å². The van der Waals surface area contributed by atoms with E-state index in [1.807, 2.05) is 64.1 Å². The van der Waals surface area contributed by atoms with E-state index in [-0.39, 0.29) is 5.54 Å². The Morgan fingerprint density at radius 1 is 0.773 bits per heavy atom. The van der Waals surface area contributed by atoms with Crippen LogP contribution in [0, 0.1) is 11.8 Å². The van der Waals surface area contributed by atoms with Gasteiger partial charge in [-0.1, -0.05) is 36.1 Å². The molecule has 0 saturated carbocycles. The summed E-state index contributed by atoms with van der Waals surface area (Å²) in [5.74, 6) is 6.41. The van der Waals surface area contributed by atoms with E-state index in [0.29, 0.717) is 0 Å². The Labute approximate surface area is 132 Å². The summed E-state index contributed by atoms with van der Waals surface area (Å²) in [7, 11) is 0. The van der Waals surface area contributed by atoms with Crippen LogP contribution < -0.4 is 0 Å². The molecule has 22 heavy (non-hydrogen) atoms. The average Bonchev–Trinajstić information content (AvgIpc) is 2.65. The highest BCUT2D eigenvalue weighted by atomic mass is 16.5. The van der Waals surface area contributed by atoms with Crippen LogP contribution in [0.5, 0.6) is 0 Å². The van der Waals surface area contributed by atoms with Gasteiger partial charge in [-0.2, -0.15) is 5.06 Å². The number of hydrogen-bond acceptors (Lipinski definition) is 2. The minimum absolute atomic E-state index is 0.385. The highest BCUT2D eigenvalue weighted by molar-refractivity contribution is 5.50. The molecule has 0 atom stereocenters. The second kappa shape index (κ2) is 4.98. The molecule has 0 spiro atoms. The summed E-state index contributed by atoms with van der Waals surface area (Å²) in [6.45, 7) is 8.15. The standard InChI is InChI=1S/C20H21NO/c1-19(2)17-13-12-16(11-10-15-8-6-5-7-9-15)14-18(17)20(3,4)21(19)22/h5-9,12-14,22H,1-4H3. The number of nitrogens with zero attached hydrogens (tertiary/aromatic N) is 1. The molecule has 1 aliphatic rings.